The Morgan fingerprint density at radius 1 is 1.21 bits per heavy atom. The van der Waals surface area contributed by atoms with Crippen molar-refractivity contribution in [2.24, 2.45) is 11.7 Å². The molecule has 0 unspecified atom stereocenters. The summed E-state index contributed by atoms with van der Waals surface area (Å²) in [6.45, 7) is 3.46. The summed E-state index contributed by atoms with van der Waals surface area (Å²) < 4.78 is 76.2. The second kappa shape index (κ2) is 10.8. The zero-order valence-corrected chi connectivity index (χ0v) is 24.1. The highest BCUT2D eigenvalue weighted by molar-refractivity contribution is 5.91. The van der Waals surface area contributed by atoms with Crippen LogP contribution in [0.4, 0.5) is 26.7 Å². The van der Waals surface area contributed by atoms with E-state index in [-0.39, 0.29) is 29.2 Å². The van der Waals surface area contributed by atoms with Crippen molar-refractivity contribution in [3.05, 3.63) is 47.0 Å². The number of amides is 3. The molecule has 43 heavy (non-hydrogen) atoms. The van der Waals surface area contributed by atoms with E-state index in [1.165, 1.54) is 15.6 Å². The predicted molar refractivity (Wildman–Crippen MR) is 146 cm³/mol. The van der Waals surface area contributed by atoms with E-state index < -0.39 is 61.3 Å². The van der Waals surface area contributed by atoms with Gasteiger partial charge in [-0.25, -0.2) is 18.6 Å². The molecule has 10 nitrogen and oxygen atoms in total. The highest BCUT2D eigenvalue weighted by atomic mass is 19.4. The molecule has 2 fully saturated rings. The number of nitrogens with zero attached hydrogens (tertiary/aromatic N) is 4. The number of hydrogen-bond acceptors (Lipinski definition) is 5. The van der Waals surface area contributed by atoms with Crippen LogP contribution in [0.5, 0.6) is 0 Å². The number of nitrogens with one attached hydrogen (secondary N) is 2. The monoisotopic (exact) mass is 611 g/mol. The maximum atomic E-state index is 14.3. The molecule has 4 N–H and O–H groups in total. The number of H-pyrrole nitrogens is 1. The number of fused-ring (bicyclic) bond motifs is 1. The van der Waals surface area contributed by atoms with Crippen LogP contribution in [-0.2, 0) is 4.74 Å². The van der Waals surface area contributed by atoms with E-state index >= 15 is 0 Å². The minimum Gasteiger partial charge on any atom is -0.365 e. The Morgan fingerprint density at radius 2 is 1.91 bits per heavy atom. The van der Waals surface area contributed by atoms with E-state index in [1.807, 2.05) is 0 Å². The number of rotatable bonds is 10. The number of benzene rings is 1. The third kappa shape index (κ3) is 6.17. The van der Waals surface area contributed by atoms with E-state index in [2.05, 4.69) is 20.4 Å². The second-order valence-electron chi connectivity index (χ2n) is 12.1. The van der Waals surface area contributed by atoms with Crippen molar-refractivity contribution >= 4 is 23.0 Å². The van der Waals surface area contributed by atoms with Gasteiger partial charge in [-0.1, -0.05) is 6.07 Å². The number of aromatic nitrogens is 4. The molecule has 2 aliphatic rings. The van der Waals surface area contributed by atoms with Gasteiger partial charge >= 0.3 is 12.2 Å². The van der Waals surface area contributed by atoms with E-state index in [1.54, 1.807) is 32.0 Å². The smallest absolute Gasteiger partial charge is 0.365 e. The van der Waals surface area contributed by atoms with Crippen LogP contribution in [0.2, 0.25) is 0 Å². The molecule has 3 aromatic rings. The lowest BCUT2D eigenvalue weighted by atomic mass is 9.99. The number of alkyl halides is 5. The molecule has 1 aromatic carbocycles. The molecule has 3 amide bonds. The van der Waals surface area contributed by atoms with Crippen LogP contribution in [0.15, 0.2) is 24.3 Å². The van der Waals surface area contributed by atoms with E-state index in [0.717, 1.165) is 26.7 Å². The third-order valence-corrected chi connectivity index (χ3v) is 7.91. The average Bonchev–Trinajstić information content (AvgIpc) is 3.47. The minimum absolute atomic E-state index is 0.0115. The summed E-state index contributed by atoms with van der Waals surface area (Å²) in [4.78, 5) is 33.6. The van der Waals surface area contributed by atoms with Crippen molar-refractivity contribution in [1.29, 1.82) is 0 Å². The number of halogens is 5. The van der Waals surface area contributed by atoms with Crippen molar-refractivity contribution in [1.82, 2.24) is 30.0 Å². The summed E-state index contributed by atoms with van der Waals surface area (Å²) in [7, 11) is 0. The Balaban J connectivity index is 1.54. The number of aromatic amines is 1. The summed E-state index contributed by atoms with van der Waals surface area (Å²) in [5, 5.41) is 6.74. The molecule has 15 heteroatoms. The number of ether oxygens (including phenoxy) is 1. The van der Waals surface area contributed by atoms with Gasteiger partial charge in [0.05, 0.1) is 48.4 Å². The van der Waals surface area contributed by atoms with Crippen molar-refractivity contribution in [2.45, 2.75) is 76.2 Å². The fourth-order valence-electron chi connectivity index (χ4n) is 5.26. The molecule has 0 spiro atoms. The Morgan fingerprint density at radius 3 is 2.49 bits per heavy atom. The van der Waals surface area contributed by atoms with Gasteiger partial charge in [-0.2, -0.15) is 18.3 Å². The molecular weight excluding hydrogens is 577 g/mol. The Bertz CT molecular complexity index is 1530. The first kappa shape index (κ1) is 30.7. The van der Waals surface area contributed by atoms with Crippen LogP contribution in [0, 0.1) is 5.92 Å². The lowest BCUT2D eigenvalue weighted by molar-refractivity contribution is -0.264. The highest BCUT2D eigenvalue weighted by Gasteiger charge is 2.49. The summed E-state index contributed by atoms with van der Waals surface area (Å²) in [6, 6.07) is 5.08. The number of imidazole rings is 1. The fraction of sp³-hybridized carbons (Fsp3) is 0.571. The van der Waals surface area contributed by atoms with Crippen LogP contribution in [-0.4, -0.2) is 74.0 Å². The van der Waals surface area contributed by atoms with Gasteiger partial charge in [-0.15, -0.1) is 0 Å². The van der Waals surface area contributed by atoms with Gasteiger partial charge < -0.3 is 25.7 Å². The zero-order valence-electron chi connectivity index (χ0n) is 24.1. The second-order valence-corrected chi connectivity index (χ2v) is 12.1. The van der Waals surface area contributed by atoms with Crippen molar-refractivity contribution in [3.63, 3.8) is 0 Å². The average molecular weight is 612 g/mol. The summed E-state index contributed by atoms with van der Waals surface area (Å²) >= 11 is 0. The Labute approximate surface area is 244 Å². The minimum atomic E-state index is -4.66. The number of primary amides is 1. The van der Waals surface area contributed by atoms with Gasteiger partial charge in [-0.05, 0) is 70.2 Å². The first-order chi connectivity index (χ1) is 20.0. The number of hydrogen-bond donors (Lipinski definition) is 3. The van der Waals surface area contributed by atoms with Gasteiger partial charge in [0.25, 0.3) is 11.8 Å². The Hall–Kier alpha value is -3.75. The quantitative estimate of drug-likeness (QED) is 0.277. The summed E-state index contributed by atoms with van der Waals surface area (Å²) in [6.07, 6.45) is -3.10. The zero-order chi connectivity index (χ0) is 31.5. The van der Waals surface area contributed by atoms with E-state index in [4.69, 9.17) is 10.5 Å². The number of nitrogens with two attached hydrogens (primary N) is 1. The van der Waals surface area contributed by atoms with Crippen molar-refractivity contribution in [3.8, 4) is 0 Å². The van der Waals surface area contributed by atoms with Crippen LogP contribution in [0.1, 0.15) is 86.1 Å². The first-order valence-corrected chi connectivity index (χ1v) is 14.0. The molecule has 0 bridgehead atoms. The summed E-state index contributed by atoms with van der Waals surface area (Å²) in [5.41, 5.74) is 4.93. The first-order valence-electron chi connectivity index (χ1n) is 14.0. The largest absolute Gasteiger partial charge is 0.416 e. The SMILES string of the molecule is CC(C)n1nc([C@@H](COC(C)(C)C(F)(F)F)c2nc3ccc([C@@H](C4CC4)N4CC(F)(F)CNC4=O)cc3[nH]2)cc1C(N)=O. The molecule has 1 aliphatic heterocycles. The molecule has 1 saturated heterocycles. The van der Waals surface area contributed by atoms with E-state index in [9.17, 15) is 31.5 Å². The molecule has 2 aromatic heterocycles. The topological polar surface area (TPSA) is 131 Å². The van der Waals surface area contributed by atoms with Gasteiger partial charge in [-0.3, -0.25) is 9.48 Å². The highest BCUT2D eigenvalue weighted by Crippen LogP contribution is 2.46. The number of carbonyl (C=O) groups excluding carboxylic acids is 2. The maximum Gasteiger partial charge on any atom is 0.416 e. The van der Waals surface area contributed by atoms with Crippen LogP contribution < -0.4 is 11.1 Å². The molecule has 5 rings (SSSR count). The Kier molecular flexibility index (Phi) is 7.68. The van der Waals surface area contributed by atoms with E-state index in [0.29, 0.717) is 16.6 Å². The van der Waals surface area contributed by atoms with Crippen LogP contribution in [0.25, 0.3) is 11.0 Å². The third-order valence-electron chi connectivity index (χ3n) is 7.91. The molecule has 234 valence electrons. The lowest BCUT2D eigenvalue weighted by Crippen LogP contribution is -2.58. The molecule has 1 saturated carbocycles. The van der Waals surface area contributed by atoms with Gasteiger partial charge in [0, 0.05) is 6.04 Å². The number of carbonyl (C=O) groups is 2. The summed E-state index contributed by atoms with van der Waals surface area (Å²) in [5.74, 6) is -4.55. The molecule has 1 aliphatic carbocycles. The number of urea groups is 1. The van der Waals surface area contributed by atoms with Gasteiger partial charge in [0.2, 0.25) is 0 Å². The molecular formula is C28H34F5N7O3. The standard InChI is InChI=1S/C28H34F5N7O3/c1-14(2)40-21(23(34)41)10-19(38-40)17(11-43-26(3,4)28(31,32)33)24-36-18-8-7-16(9-20(18)37-24)22(15-5-6-15)39-13-27(29,30)12-35-25(39)42/h7-10,14-15,17,22H,5-6,11-13H2,1-4H3,(H2,34,41)(H,35,42)(H,36,37)/t17-,22-/m1/s1. The molecule has 0 radical (unpaired) electrons. The predicted octanol–water partition coefficient (Wildman–Crippen LogP) is 5.04. The normalized spacial score (nSPS) is 19.1. The van der Waals surface area contributed by atoms with Gasteiger partial charge in [0.1, 0.15) is 11.5 Å². The van der Waals surface area contributed by atoms with Crippen LogP contribution in [0.3, 0.4) is 0 Å². The fourth-order valence-corrected chi connectivity index (χ4v) is 5.26. The van der Waals surface area contributed by atoms with Gasteiger partial charge in [0.15, 0.2) is 5.60 Å². The molecule has 3 heterocycles. The maximum absolute atomic E-state index is 14.3. The van der Waals surface area contributed by atoms with Crippen molar-refractivity contribution < 1.29 is 36.3 Å². The molecule has 2 atom stereocenters. The lowest BCUT2D eigenvalue weighted by Gasteiger charge is -2.38. The van der Waals surface area contributed by atoms with Crippen molar-refractivity contribution in [2.75, 3.05) is 19.7 Å². The van der Waals surface area contributed by atoms with Crippen LogP contribution >= 0.6 is 0 Å².